The molecule has 0 saturated heterocycles. The van der Waals surface area contributed by atoms with Crippen LogP contribution in [0.5, 0.6) is 0 Å². The molecule has 4 nitrogen and oxygen atoms in total. The number of nitrogens with one attached hydrogen (secondary N) is 1. The Morgan fingerprint density at radius 2 is 2.11 bits per heavy atom. The molecule has 0 unspecified atom stereocenters. The van der Waals surface area contributed by atoms with Crippen molar-refractivity contribution in [1.82, 2.24) is 0 Å². The topological polar surface area (TPSA) is 55.2 Å². The lowest BCUT2D eigenvalue weighted by Gasteiger charge is -2.06. The first-order valence-electron chi connectivity index (χ1n) is 4.97. The molecule has 0 saturated carbocycles. The van der Waals surface area contributed by atoms with Gasteiger partial charge in [0.15, 0.2) is 0 Å². The Morgan fingerprint density at radius 1 is 1.33 bits per heavy atom. The summed E-state index contributed by atoms with van der Waals surface area (Å²) in [5, 5.41) is 15.9. The third kappa shape index (κ3) is 3.30. The van der Waals surface area contributed by atoms with Gasteiger partial charge in [0.1, 0.15) is 0 Å². The number of rotatable bonds is 4. The van der Waals surface area contributed by atoms with Gasteiger partial charge in [0.25, 0.3) is 5.69 Å². The second-order valence-corrected chi connectivity index (χ2v) is 6.27. The standard InChI is InChI=1S/C11H8Br2N2O2S/c12-7-3-9(18-6-7)5-14-11-4-8(15(16)17)1-2-10(11)13/h1-4,6,14H,5H2. The number of non-ortho nitro benzene ring substituents is 1. The third-order valence-corrected chi connectivity index (χ3v) is 4.62. The molecule has 1 N–H and O–H groups in total. The molecule has 1 aromatic heterocycles. The maximum atomic E-state index is 10.7. The van der Waals surface area contributed by atoms with Crippen molar-refractivity contribution in [2.75, 3.05) is 5.32 Å². The summed E-state index contributed by atoms with van der Waals surface area (Å²) in [5.74, 6) is 0. The van der Waals surface area contributed by atoms with Crippen LogP contribution in [0.1, 0.15) is 4.88 Å². The lowest BCUT2D eigenvalue weighted by Crippen LogP contribution is -1.99. The van der Waals surface area contributed by atoms with Crippen LogP contribution in [0, 0.1) is 10.1 Å². The molecule has 18 heavy (non-hydrogen) atoms. The lowest BCUT2D eigenvalue weighted by molar-refractivity contribution is -0.384. The maximum absolute atomic E-state index is 10.7. The molecule has 0 spiro atoms. The minimum atomic E-state index is -0.403. The second kappa shape index (κ2) is 5.81. The number of thiophene rings is 1. The van der Waals surface area contributed by atoms with Gasteiger partial charge in [-0.3, -0.25) is 10.1 Å². The molecular weight excluding hydrogens is 384 g/mol. The van der Waals surface area contributed by atoms with Gasteiger partial charge in [0.2, 0.25) is 0 Å². The fourth-order valence-corrected chi connectivity index (χ4v) is 3.17. The van der Waals surface area contributed by atoms with Crippen LogP contribution in [0.25, 0.3) is 0 Å². The minimum absolute atomic E-state index is 0.0769. The molecule has 0 aliphatic rings. The van der Waals surface area contributed by atoms with Crippen LogP contribution in [0.2, 0.25) is 0 Å². The zero-order valence-corrected chi connectivity index (χ0v) is 13.0. The number of halogens is 2. The molecule has 0 aliphatic carbocycles. The lowest BCUT2D eigenvalue weighted by atomic mass is 10.3. The van der Waals surface area contributed by atoms with Crippen molar-refractivity contribution < 1.29 is 4.92 Å². The molecule has 1 heterocycles. The van der Waals surface area contributed by atoms with E-state index in [1.165, 1.54) is 12.1 Å². The van der Waals surface area contributed by atoms with Crippen molar-refractivity contribution in [3.05, 3.63) is 53.6 Å². The fraction of sp³-hybridized carbons (Fsp3) is 0.0909. The summed E-state index contributed by atoms with van der Waals surface area (Å²) in [7, 11) is 0. The number of nitro benzene ring substituents is 1. The smallest absolute Gasteiger partial charge is 0.271 e. The monoisotopic (exact) mass is 390 g/mol. The Morgan fingerprint density at radius 3 is 2.72 bits per heavy atom. The van der Waals surface area contributed by atoms with E-state index in [4.69, 9.17) is 0 Å². The van der Waals surface area contributed by atoms with Gasteiger partial charge in [-0.2, -0.15) is 0 Å². The summed E-state index contributed by atoms with van der Waals surface area (Å²) in [6.45, 7) is 0.635. The molecule has 0 fully saturated rings. The Bertz CT molecular complexity index is 586. The highest BCUT2D eigenvalue weighted by Crippen LogP contribution is 2.28. The van der Waals surface area contributed by atoms with E-state index in [1.807, 2.05) is 11.4 Å². The summed E-state index contributed by atoms with van der Waals surface area (Å²) in [6.07, 6.45) is 0. The average Bonchev–Trinajstić information content (AvgIpc) is 2.74. The van der Waals surface area contributed by atoms with Crippen molar-refractivity contribution in [2.24, 2.45) is 0 Å². The van der Waals surface area contributed by atoms with Crippen LogP contribution in [-0.2, 0) is 6.54 Å². The van der Waals surface area contributed by atoms with Gasteiger partial charge < -0.3 is 5.32 Å². The fourth-order valence-electron chi connectivity index (χ4n) is 1.39. The molecule has 2 aromatic rings. The summed E-state index contributed by atoms with van der Waals surface area (Å²) in [5.41, 5.74) is 0.793. The molecule has 2 rings (SSSR count). The maximum Gasteiger partial charge on any atom is 0.271 e. The molecule has 0 aliphatic heterocycles. The van der Waals surface area contributed by atoms with Gasteiger partial charge in [-0.1, -0.05) is 0 Å². The van der Waals surface area contributed by atoms with E-state index in [-0.39, 0.29) is 5.69 Å². The van der Waals surface area contributed by atoms with Crippen LogP contribution < -0.4 is 5.32 Å². The number of hydrogen-bond acceptors (Lipinski definition) is 4. The van der Waals surface area contributed by atoms with E-state index in [9.17, 15) is 10.1 Å². The first kappa shape index (κ1) is 13.5. The quantitative estimate of drug-likeness (QED) is 0.601. The third-order valence-electron chi connectivity index (χ3n) is 2.24. The molecule has 0 amide bonds. The van der Waals surface area contributed by atoms with E-state index in [0.29, 0.717) is 12.2 Å². The molecule has 0 bridgehead atoms. The van der Waals surface area contributed by atoms with E-state index in [0.717, 1.165) is 13.8 Å². The van der Waals surface area contributed by atoms with Crippen LogP contribution in [0.4, 0.5) is 11.4 Å². The highest BCUT2D eigenvalue weighted by atomic mass is 79.9. The van der Waals surface area contributed by atoms with E-state index >= 15 is 0 Å². The minimum Gasteiger partial charge on any atom is -0.379 e. The number of nitrogens with zero attached hydrogens (tertiary/aromatic N) is 1. The summed E-state index contributed by atoms with van der Waals surface area (Å²) >= 11 is 8.38. The Kier molecular flexibility index (Phi) is 4.36. The van der Waals surface area contributed by atoms with Crippen molar-refractivity contribution in [3.63, 3.8) is 0 Å². The molecular formula is C11H8Br2N2O2S. The van der Waals surface area contributed by atoms with Gasteiger partial charge in [-0.25, -0.2) is 0 Å². The van der Waals surface area contributed by atoms with Gasteiger partial charge in [0, 0.05) is 37.9 Å². The molecule has 1 aromatic carbocycles. The predicted molar refractivity (Wildman–Crippen MR) is 80.1 cm³/mol. The van der Waals surface area contributed by atoms with Crippen LogP contribution in [0.15, 0.2) is 38.6 Å². The van der Waals surface area contributed by atoms with E-state index in [2.05, 4.69) is 37.2 Å². The molecule has 0 radical (unpaired) electrons. The summed E-state index contributed by atoms with van der Waals surface area (Å²) in [6, 6.07) is 6.68. The van der Waals surface area contributed by atoms with Crippen molar-refractivity contribution in [2.45, 2.75) is 6.54 Å². The zero-order chi connectivity index (χ0) is 13.1. The SMILES string of the molecule is O=[N+]([O-])c1ccc(Br)c(NCc2cc(Br)cs2)c1. The first-order chi connectivity index (χ1) is 8.56. The summed E-state index contributed by atoms with van der Waals surface area (Å²) < 4.78 is 1.85. The average molecular weight is 392 g/mol. The van der Waals surface area contributed by atoms with Gasteiger partial charge in [-0.15, -0.1) is 11.3 Å². The zero-order valence-electron chi connectivity index (χ0n) is 9.02. The Balaban J connectivity index is 2.13. The Hall–Kier alpha value is -0.920. The normalized spacial score (nSPS) is 10.3. The van der Waals surface area contributed by atoms with Crippen molar-refractivity contribution in [1.29, 1.82) is 0 Å². The highest BCUT2D eigenvalue weighted by Gasteiger charge is 2.09. The number of anilines is 1. The molecule has 0 atom stereocenters. The molecule has 94 valence electrons. The molecule has 7 heteroatoms. The largest absolute Gasteiger partial charge is 0.379 e. The van der Waals surface area contributed by atoms with Crippen LogP contribution in [0.3, 0.4) is 0 Å². The summed E-state index contributed by atoms with van der Waals surface area (Å²) in [4.78, 5) is 11.4. The van der Waals surface area contributed by atoms with Crippen LogP contribution >= 0.6 is 43.2 Å². The number of benzene rings is 1. The van der Waals surface area contributed by atoms with Crippen molar-refractivity contribution >= 4 is 54.6 Å². The number of hydrogen-bond donors (Lipinski definition) is 1. The van der Waals surface area contributed by atoms with Gasteiger partial charge in [0.05, 0.1) is 10.6 Å². The van der Waals surface area contributed by atoms with Gasteiger partial charge >= 0.3 is 0 Å². The predicted octanol–water partition coefficient (Wildman–Crippen LogP) is 4.79. The number of nitro groups is 1. The van der Waals surface area contributed by atoms with E-state index < -0.39 is 4.92 Å². The second-order valence-electron chi connectivity index (χ2n) is 3.51. The first-order valence-corrected chi connectivity index (χ1v) is 7.43. The van der Waals surface area contributed by atoms with Crippen molar-refractivity contribution in [3.8, 4) is 0 Å². The Labute approximate surface area is 124 Å². The highest BCUT2D eigenvalue weighted by molar-refractivity contribution is 9.10. The van der Waals surface area contributed by atoms with Crippen LogP contribution in [-0.4, -0.2) is 4.92 Å². The van der Waals surface area contributed by atoms with Gasteiger partial charge in [-0.05, 0) is 44.0 Å². The van der Waals surface area contributed by atoms with E-state index in [1.54, 1.807) is 17.4 Å².